The minimum atomic E-state index is 0.511. The molecular weight excluding hydrogens is 258 g/mol. The van der Waals surface area contributed by atoms with Crippen LogP contribution in [0.3, 0.4) is 0 Å². The third-order valence-electron chi connectivity index (χ3n) is 5.36. The summed E-state index contributed by atoms with van der Waals surface area (Å²) in [5.41, 5.74) is 5.02. The normalized spacial score (nSPS) is 26.2. The van der Waals surface area contributed by atoms with Gasteiger partial charge < -0.3 is 5.32 Å². The van der Waals surface area contributed by atoms with Gasteiger partial charge in [0.15, 0.2) is 0 Å². The van der Waals surface area contributed by atoms with Crippen LogP contribution < -0.4 is 5.32 Å². The molecule has 2 aliphatic carbocycles. The van der Waals surface area contributed by atoms with E-state index >= 15 is 0 Å². The highest BCUT2D eigenvalue weighted by Gasteiger charge is 2.57. The monoisotopic (exact) mass is 281 g/mol. The molecule has 0 radical (unpaired) electrons. The molecule has 1 spiro atoms. The summed E-state index contributed by atoms with van der Waals surface area (Å²) >= 11 is 0. The number of aromatic nitrogens is 2. The lowest BCUT2D eigenvalue weighted by Crippen LogP contribution is -2.20. The largest absolute Gasteiger partial charge is 0.312 e. The third-order valence-corrected chi connectivity index (χ3v) is 5.36. The number of fused-ring (bicyclic) bond motifs is 2. The van der Waals surface area contributed by atoms with E-state index in [0.29, 0.717) is 5.41 Å². The molecule has 1 aromatic heterocycles. The first-order chi connectivity index (χ1) is 10.3. The van der Waals surface area contributed by atoms with Gasteiger partial charge in [0.1, 0.15) is 0 Å². The van der Waals surface area contributed by atoms with Crippen molar-refractivity contribution in [2.45, 2.75) is 44.7 Å². The van der Waals surface area contributed by atoms with E-state index in [1.165, 1.54) is 24.8 Å². The Labute approximate surface area is 126 Å². The number of nitrogens with zero attached hydrogens (tertiary/aromatic N) is 2. The predicted octanol–water partition coefficient (Wildman–Crippen LogP) is 2.90. The first-order valence-electron chi connectivity index (χ1n) is 8.12. The van der Waals surface area contributed by atoms with Crippen molar-refractivity contribution < 1.29 is 0 Å². The highest BCUT2D eigenvalue weighted by molar-refractivity contribution is 5.45. The van der Waals surface area contributed by atoms with Crippen LogP contribution in [0.5, 0.6) is 0 Å². The lowest BCUT2D eigenvalue weighted by atomic mass is 9.95. The minimum Gasteiger partial charge on any atom is -0.312 e. The van der Waals surface area contributed by atoms with Gasteiger partial charge in [0, 0.05) is 30.3 Å². The van der Waals surface area contributed by atoms with Gasteiger partial charge in [0.2, 0.25) is 0 Å². The van der Waals surface area contributed by atoms with Crippen LogP contribution in [0.4, 0.5) is 0 Å². The molecule has 110 valence electrons. The van der Waals surface area contributed by atoms with E-state index in [1.54, 1.807) is 11.1 Å². The van der Waals surface area contributed by atoms with E-state index in [1.807, 2.05) is 10.9 Å². The molecule has 3 heteroatoms. The van der Waals surface area contributed by atoms with Crippen LogP contribution in [0.1, 0.15) is 36.5 Å². The zero-order chi connectivity index (χ0) is 14.3. The van der Waals surface area contributed by atoms with Gasteiger partial charge in [-0.15, -0.1) is 0 Å². The zero-order valence-corrected chi connectivity index (χ0v) is 12.7. The van der Waals surface area contributed by atoms with Crippen LogP contribution in [0, 0.1) is 5.92 Å². The van der Waals surface area contributed by atoms with Crippen LogP contribution in [0.2, 0.25) is 0 Å². The van der Waals surface area contributed by atoms with Crippen LogP contribution in [0.15, 0.2) is 36.7 Å². The van der Waals surface area contributed by atoms with Crippen molar-refractivity contribution in [3.63, 3.8) is 0 Å². The van der Waals surface area contributed by atoms with E-state index in [2.05, 4.69) is 47.8 Å². The zero-order valence-electron chi connectivity index (χ0n) is 12.7. The maximum absolute atomic E-state index is 4.33. The minimum absolute atomic E-state index is 0.511. The lowest BCUT2D eigenvalue weighted by molar-refractivity contribution is 0.547. The summed E-state index contributed by atoms with van der Waals surface area (Å²) in [6, 6.07) is 9.05. The summed E-state index contributed by atoms with van der Waals surface area (Å²) in [6.07, 6.45) is 8.11. The second-order valence-electron chi connectivity index (χ2n) is 6.55. The summed E-state index contributed by atoms with van der Waals surface area (Å²) in [4.78, 5) is 0. The first kappa shape index (κ1) is 13.1. The van der Waals surface area contributed by atoms with E-state index in [-0.39, 0.29) is 0 Å². The highest BCUT2D eigenvalue weighted by Crippen LogP contribution is 2.61. The summed E-state index contributed by atoms with van der Waals surface area (Å²) in [7, 11) is 0. The Morgan fingerprint density at radius 3 is 3.14 bits per heavy atom. The van der Waals surface area contributed by atoms with Gasteiger partial charge in [-0.3, -0.25) is 4.68 Å². The molecule has 3 nitrogen and oxygen atoms in total. The quantitative estimate of drug-likeness (QED) is 0.913. The Morgan fingerprint density at radius 2 is 2.29 bits per heavy atom. The van der Waals surface area contributed by atoms with E-state index in [0.717, 1.165) is 25.6 Å². The van der Waals surface area contributed by atoms with Crippen LogP contribution in [-0.2, 0) is 24.9 Å². The molecule has 1 saturated carbocycles. The number of rotatable bonds is 5. The number of hydrogen-bond donors (Lipinski definition) is 1. The number of benzene rings is 1. The van der Waals surface area contributed by atoms with Crippen molar-refractivity contribution in [1.29, 1.82) is 0 Å². The molecule has 0 unspecified atom stereocenters. The molecule has 0 amide bonds. The lowest BCUT2D eigenvalue weighted by Gasteiger charge is -2.11. The fourth-order valence-corrected chi connectivity index (χ4v) is 4.06. The van der Waals surface area contributed by atoms with Crippen molar-refractivity contribution in [1.82, 2.24) is 15.1 Å². The van der Waals surface area contributed by atoms with E-state index in [9.17, 15) is 0 Å². The number of aryl methyl sites for hydroxylation is 2. The third kappa shape index (κ3) is 2.20. The molecule has 1 fully saturated rings. The molecule has 1 aromatic carbocycles. The fraction of sp³-hybridized carbons (Fsp3) is 0.500. The Balaban J connectivity index is 1.34. The van der Waals surface area contributed by atoms with Crippen molar-refractivity contribution in [2.24, 2.45) is 5.92 Å². The molecule has 0 bridgehead atoms. The van der Waals surface area contributed by atoms with Gasteiger partial charge in [-0.25, -0.2) is 0 Å². The molecule has 2 aromatic rings. The topological polar surface area (TPSA) is 29.9 Å². The first-order valence-corrected chi connectivity index (χ1v) is 8.12. The smallest absolute Gasteiger partial charge is 0.0534 e. The summed E-state index contributed by atoms with van der Waals surface area (Å²) in [5.74, 6) is 0.822. The average molecular weight is 281 g/mol. The van der Waals surface area contributed by atoms with Gasteiger partial charge in [0.05, 0.1) is 6.20 Å². The van der Waals surface area contributed by atoms with Gasteiger partial charge in [0.25, 0.3) is 0 Å². The van der Waals surface area contributed by atoms with Crippen molar-refractivity contribution in [3.8, 4) is 0 Å². The van der Waals surface area contributed by atoms with Crippen molar-refractivity contribution in [2.75, 3.05) is 6.54 Å². The molecule has 21 heavy (non-hydrogen) atoms. The fourth-order valence-electron chi connectivity index (χ4n) is 4.06. The van der Waals surface area contributed by atoms with E-state index < -0.39 is 0 Å². The Kier molecular flexibility index (Phi) is 3.11. The summed E-state index contributed by atoms with van der Waals surface area (Å²) < 4.78 is 1.99. The molecule has 1 heterocycles. The molecule has 0 aliphatic heterocycles. The molecule has 1 N–H and O–H groups in total. The average Bonchev–Trinajstić information content (AvgIpc) is 2.85. The molecule has 2 atom stereocenters. The second kappa shape index (κ2) is 4.99. The summed E-state index contributed by atoms with van der Waals surface area (Å²) in [6.45, 7) is 5.14. The van der Waals surface area contributed by atoms with Crippen molar-refractivity contribution in [3.05, 3.63) is 53.3 Å². The van der Waals surface area contributed by atoms with Crippen molar-refractivity contribution >= 4 is 0 Å². The van der Waals surface area contributed by atoms with Gasteiger partial charge in [-0.2, -0.15) is 5.10 Å². The van der Waals surface area contributed by atoms with Gasteiger partial charge in [-0.05, 0) is 49.8 Å². The van der Waals surface area contributed by atoms with Gasteiger partial charge >= 0.3 is 0 Å². The molecular formula is C18H23N3. The highest BCUT2D eigenvalue weighted by atomic mass is 15.3. The SMILES string of the molecule is CCn1cc(CNC[C@H]2C[C@@]23CCc2ccccc23)cn1. The Morgan fingerprint density at radius 1 is 1.38 bits per heavy atom. The van der Waals surface area contributed by atoms with Crippen LogP contribution in [0.25, 0.3) is 0 Å². The van der Waals surface area contributed by atoms with Crippen LogP contribution >= 0.6 is 0 Å². The second-order valence-corrected chi connectivity index (χ2v) is 6.55. The molecule has 2 aliphatic rings. The number of nitrogens with one attached hydrogen (secondary N) is 1. The summed E-state index contributed by atoms with van der Waals surface area (Å²) in [5, 5.41) is 7.96. The molecule has 0 saturated heterocycles. The Bertz CT molecular complexity index is 645. The van der Waals surface area contributed by atoms with E-state index in [4.69, 9.17) is 0 Å². The predicted molar refractivity (Wildman–Crippen MR) is 84.2 cm³/mol. The maximum atomic E-state index is 4.33. The Hall–Kier alpha value is -1.61. The molecule has 4 rings (SSSR count). The van der Waals surface area contributed by atoms with Gasteiger partial charge in [-0.1, -0.05) is 24.3 Å². The standard InChI is InChI=1S/C18H23N3/c1-2-21-13-14(11-20-21)10-19-12-16-9-18(16)8-7-15-5-3-4-6-17(15)18/h3-6,11,13,16,19H,2,7-10,12H2,1H3/t16-,18+/m1/s1. The number of hydrogen-bond acceptors (Lipinski definition) is 2. The van der Waals surface area contributed by atoms with Crippen LogP contribution in [-0.4, -0.2) is 16.3 Å². The maximum Gasteiger partial charge on any atom is 0.0534 e.